The summed E-state index contributed by atoms with van der Waals surface area (Å²) in [6.07, 6.45) is -0.869. The Kier molecular flexibility index (Phi) is 3.00. The van der Waals surface area contributed by atoms with E-state index in [1.807, 2.05) is 30.3 Å². The number of alkyl halides is 1. The Hall–Kier alpha value is -2.24. The maximum Gasteiger partial charge on any atom is 0.293 e. The molecular weight excluding hydrogens is 259 g/mol. The number of carbonyl (C=O) groups excluding carboxylic acids is 1. The number of amides is 1. The van der Waals surface area contributed by atoms with Crippen LogP contribution >= 0.6 is 0 Å². The van der Waals surface area contributed by atoms with Crippen LogP contribution in [-0.4, -0.2) is 39.7 Å². The summed E-state index contributed by atoms with van der Waals surface area (Å²) in [6, 6.07) is 9.39. The van der Waals surface area contributed by atoms with Crippen LogP contribution in [0.15, 0.2) is 30.3 Å². The molecule has 0 fully saturated rings. The average molecular weight is 274 g/mol. The molecule has 0 radical (unpaired) electrons. The Balaban J connectivity index is 2.00. The summed E-state index contributed by atoms with van der Waals surface area (Å²) < 4.78 is 15.6. The molecule has 0 unspecified atom stereocenters. The first-order valence-electron chi connectivity index (χ1n) is 6.45. The summed E-state index contributed by atoms with van der Waals surface area (Å²) in [5.74, 6) is -0.0248. The Labute approximate surface area is 116 Å². The zero-order valence-electron chi connectivity index (χ0n) is 11.3. The number of benzene rings is 1. The van der Waals surface area contributed by atoms with Crippen LogP contribution in [0.5, 0.6) is 0 Å². The fraction of sp³-hybridized carbons (Fsp3) is 0.357. The molecule has 2 atom stereocenters. The van der Waals surface area contributed by atoms with E-state index in [1.165, 1.54) is 9.58 Å². The first-order chi connectivity index (χ1) is 9.58. The highest BCUT2D eigenvalue weighted by molar-refractivity contribution is 5.90. The number of rotatable bonds is 2. The number of aromatic nitrogens is 3. The normalized spacial score (nSPS) is 20.8. The first-order valence-corrected chi connectivity index (χ1v) is 6.45. The minimum Gasteiger partial charge on any atom is -0.342 e. The number of nitrogens with zero attached hydrogens (tertiary/aromatic N) is 4. The molecule has 0 bridgehead atoms. The van der Waals surface area contributed by atoms with Gasteiger partial charge in [-0.05, 0) is 5.56 Å². The second-order valence-corrected chi connectivity index (χ2v) is 5.07. The molecule has 1 aromatic carbocycles. The molecule has 0 saturated heterocycles. The van der Waals surface area contributed by atoms with Gasteiger partial charge in [0.15, 0.2) is 12.0 Å². The van der Waals surface area contributed by atoms with Crippen LogP contribution in [0.3, 0.4) is 0 Å². The molecule has 0 aliphatic carbocycles. The van der Waals surface area contributed by atoms with Crippen LogP contribution in [0, 0.1) is 0 Å². The van der Waals surface area contributed by atoms with E-state index in [4.69, 9.17) is 0 Å². The van der Waals surface area contributed by atoms with Crippen molar-refractivity contribution in [2.75, 3.05) is 14.1 Å². The average Bonchev–Trinajstić information content (AvgIpc) is 3.00. The maximum absolute atomic E-state index is 14.1. The third kappa shape index (κ3) is 1.97. The molecule has 2 heterocycles. The molecule has 1 amide bonds. The van der Waals surface area contributed by atoms with Gasteiger partial charge >= 0.3 is 0 Å². The Morgan fingerprint density at radius 1 is 1.35 bits per heavy atom. The van der Waals surface area contributed by atoms with Crippen molar-refractivity contribution in [1.29, 1.82) is 0 Å². The summed E-state index contributed by atoms with van der Waals surface area (Å²) in [4.78, 5) is 17.3. The van der Waals surface area contributed by atoms with Crippen molar-refractivity contribution in [2.45, 2.75) is 18.6 Å². The van der Waals surface area contributed by atoms with Crippen LogP contribution in [0.2, 0.25) is 0 Å². The van der Waals surface area contributed by atoms with Gasteiger partial charge in [0.1, 0.15) is 0 Å². The van der Waals surface area contributed by atoms with Gasteiger partial charge < -0.3 is 4.90 Å². The topological polar surface area (TPSA) is 51.0 Å². The van der Waals surface area contributed by atoms with Crippen molar-refractivity contribution in [2.24, 2.45) is 0 Å². The molecule has 20 heavy (non-hydrogen) atoms. The fourth-order valence-corrected chi connectivity index (χ4v) is 2.42. The van der Waals surface area contributed by atoms with Crippen molar-refractivity contribution < 1.29 is 9.18 Å². The quantitative estimate of drug-likeness (QED) is 0.841. The van der Waals surface area contributed by atoms with Crippen LogP contribution in [0.1, 0.15) is 40.6 Å². The van der Waals surface area contributed by atoms with Gasteiger partial charge in [0, 0.05) is 20.5 Å². The van der Waals surface area contributed by atoms with Crippen molar-refractivity contribution in [3.8, 4) is 0 Å². The zero-order chi connectivity index (χ0) is 14.3. The van der Waals surface area contributed by atoms with Crippen LogP contribution in [0.25, 0.3) is 0 Å². The predicted octanol–water partition coefficient (Wildman–Crippen LogP) is 1.98. The zero-order valence-corrected chi connectivity index (χ0v) is 11.3. The monoisotopic (exact) mass is 274 g/mol. The van der Waals surface area contributed by atoms with Gasteiger partial charge in [0.2, 0.25) is 5.82 Å². The lowest BCUT2D eigenvalue weighted by molar-refractivity contribution is 0.0815. The minimum absolute atomic E-state index is 0.0493. The molecule has 0 N–H and O–H groups in total. The SMILES string of the molecule is CN(C)C(=O)c1nc2n(n1)[C@@H](c1ccccc1)C[C@H]2F. The van der Waals surface area contributed by atoms with E-state index in [0.29, 0.717) is 6.42 Å². The van der Waals surface area contributed by atoms with E-state index in [1.54, 1.807) is 14.1 Å². The van der Waals surface area contributed by atoms with E-state index in [-0.39, 0.29) is 23.6 Å². The van der Waals surface area contributed by atoms with E-state index < -0.39 is 6.17 Å². The lowest BCUT2D eigenvalue weighted by Gasteiger charge is -2.11. The summed E-state index contributed by atoms with van der Waals surface area (Å²) >= 11 is 0. The number of halogens is 1. The van der Waals surface area contributed by atoms with Gasteiger partial charge in [-0.1, -0.05) is 30.3 Å². The van der Waals surface area contributed by atoms with E-state index >= 15 is 0 Å². The molecule has 1 aliphatic rings. The largest absolute Gasteiger partial charge is 0.342 e. The predicted molar refractivity (Wildman–Crippen MR) is 71.1 cm³/mol. The smallest absolute Gasteiger partial charge is 0.293 e. The lowest BCUT2D eigenvalue weighted by Crippen LogP contribution is -2.23. The first kappa shape index (κ1) is 12.8. The van der Waals surface area contributed by atoms with E-state index in [9.17, 15) is 9.18 Å². The number of hydrogen-bond donors (Lipinski definition) is 0. The number of fused-ring (bicyclic) bond motifs is 1. The molecule has 3 rings (SSSR count). The summed E-state index contributed by atoms with van der Waals surface area (Å²) in [5, 5.41) is 4.19. The standard InChI is InChI=1S/C14H15FN4O/c1-18(2)14(20)12-16-13-10(15)8-11(19(13)17-12)9-6-4-3-5-7-9/h3-7,10-11H,8H2,1-2H3/t10-,11-/m1/s1. The summed E-state index contributed by atoms with van der Waals surface area (Å²) in [7, 11) is 3.24. The van der Waals surface area contributed by atoms with Crippen molar-refractivity contribution in [3.63, 3.8) is 0 Å². The lowest BCUT2D eigenvalue weighted by atomic mass is 10.0. The second kappa shape index (κ2) is 4.70. The number of carbonyl (C=O) groups is 1. The molecule has 0 spiro atoms. The number of hydrogen-bond acceptors (Lipinski definition) is 3. The van der Waals surface area contributed by atoms with Crippen LogP contribution < -0.4 is 0 Å². The van der Waals surface area contributed by atoms with Crippen molar-refractivity contribution in [3.05, 3.63) is 47.5 Å². The molecular formula is C14H15FN4O. The molecule has 1 aliphatic heterocycles. The Bertz CT molecular complexity index is 638. The molecule has 2 aromatic rings. The molecule has 1 aromatic heterocycles. The second-order valence-electron chi connectivity index (χ2n) is 5.07. The van der Waals surface area contributed by atoms with Crippen LogP contribution in [0.4, 0.5) is 4.39 Å². The summed E-state index contributed by atoms with van der Waals surface area (Å²) in [5.41, 5.74) is 0.975. The Morgan fingerprint density at radius 3 is 2.70 bits per heavy atom. The third-order valence-electron chi connectivity index (χ3n) is 3.45. The van der Waals surface area contributed by atoms with E-state index in [2.05, 4.69) is 10.1 Å². The molecule has 0 saturated carbocycles. The minimum atomic E-state index is -1.18. The van der Waals surface area contributed by atoms with Gasteiger partial charge in [0.05, 0.1) is 6.04 Å². The highest BCUT2D eigenvalue weighted by Gasteiger charge is 2.36. The highest BCUT2D eigenvalue weighted by atomic mass is 19.1. The summed E-state index contributed by atoms with van der Waals surface area (Å²) in [6.45, 7) is 0. The molecule has 104 valence electrons. The molecule has 5 nitrogen and oxygen atoms in total. The maximum atomic E-state index is 14.1. The van der Waals surface area contributed by atoms with E-state index in [0.717, 1.165) is 5.56 Å². The van der Waals surface area contributed by atoms with Gasteiger partial charge in [0.25, 0.3) is 5.91 Å². The van der Waals surface area contributed by atoms with Crippen molar-refractivity contribution >= 4 is 5.91 Å². The van der Waals surface area contributed by atoms with Gasteiger partial charge in [-0.25, -0.2) is 14.1 Å². The third-order valence-corrected chi connectivity index (χ3v) is 3.45. The van der Waals surface area contributed by atoms with Crippen LogP contribution in [-0.2, 0) is 0 Å². The Morgan fingerprint density at radius 2 is 2.05 bits per heavy atom. The van der Waals surface area contributed by atoms with Gasteiger partial charge in [-0.15, -0.1) is 5.10 Å². The van der Waals surface area contributed by atoms with Gasteiger partial charge in [-0.2, -0.15) is 0 Å². The van der Waals surface area contributed by atoms with Gasteiger partial charge in [-0.3, -0.25) is 4.79 Å². The fourth-order valence-electron chi connectivity index (χ4n) is 2.42. The highest BCUT2D eigenvalue weighted by Crippen LogP contribution is 2.39. The molecule has 6 heteroatoms. The van der Waals surface area contributed by atoms with Crippen molar-refractivity contribution in [1.82, 2.24) is 19.7 Å².